The summed E-state index contributed by atoms with van der Waals surface area (Å²) >= 11 is 3.55. The summed E-state index contributed by atoms with van der Waals surface area (Å²) in [6.45, 7) is 4.19. The molecule has 1 aromatic heterocycles. The van der Waals surface area contributed by atoms with Crippen molar-refractivity contribution in [3.63, 3.8) is 0 Å². The van der Waals surface area contributed by atoms with Gasteiger partial charge in [-0.15, -0.1) is 6.42 Å². The number of pyridine rings is 1. The van der Waals surface area contributed by atoms with Crippen molar-refractivity contribution in [3.8, 4) is 12.3 Å². The predicted molar refractivity (Wildman–Crippen MR) is 80.5 cm³/mol. The van der Waals surface area contributed by atoms with E-state index in [0.29, 0.717) is 5.92 Å². The van der Waals surface area contributed by atoms with Gasteiger partial charge in [-0.1, -0.05) is 47.8 Å². The Morgan fingerprint density at radius 1 is 1.28 bits per heavy atom. The molecule has 92 valence electrons. The van der Waals surface area contributed by atoms with E-state index in [1.54, 1.807) is 6.20 Å². The summed E-state index contributed by atoms with van der Waals surface area (Å²) in [4.78, 5) is 4.39. The van der Waals surface area contributed by atoms with Crippen LogP contribution in [0.2, 0.25) is 0 Å². The molecular weight excluding hydrogens is 288 g/mol. The van der Waals surface area contributed by atoms with Gasteiger partial charge < -0.3 is 5.32 Å². The highest BCUT2D eigenvalue weighted by atomic mass is 79.9. The SMILES string of the molecule is C#CC(Nc1nccc2c(Br)cccc12)C(C)C. The summed E-state index contributed by atoms with van der Waals surface area (Å²) in [5, 5.41) is 5.54. The molecule has 0 spiro atoms. The molecule has 1 aromatic carbocycles. The van der Waals surface area contributed by atoms with Crippen molar-refractivity contribution in [2.75, 3.05) is 5.32 Å². The summed E-state index contributed by atoms with van der Waals surface area (Å²) in [6, 6.07) is 8.04. The number of benzene rings is 1. The van der Waals surface area contributed by atoms with E-state index >= 15 is 0 Å². The normalized spacial score (nSPS) is 12.4. The zero-order valence-corrected chi connectivity index (χ0v) is 12.0. The molecule has 0 saturated heterocycles. The fourth-order valence-electron chi connectivity index (χ4n) is 1.83. The number of nitrogens with zero attached hydrogens (tertiary/aromatic N) is 1. The lowest BCUT2D eigenvalue weighted by Crippen LogP contribution is -2.24. The second kappa shape index (κ2) is 5.41. The topological polar surface area (TPSA) is 24.9 Å². The fourth-order valence-corrected chi connectivity index (χ4v) is 2.33. The van der Waals surface area contributed by atoms with Gasteiger partial charge in [0, 0.05) is 21.4 Å². The Hall–Kier alpha value is -1.53. The number of aromatic nitrogens is 1. The van der Waals surface area contributed by atoms with Gasteiger partial charge in [0.15, 0.2) is 0 Å². The summed E-state index contributed by atoms with van der Waals surface area (Å²) in [5.74, 6) is 3.97. The second-order valence-electron chi connectivity index (χ2n) is 4.53. The molecule has 3 heteroatoms. The zero-order chi connectivity index (χ0) is 13.1. The molecular formula is C15H15BrN2. The number of halogens is 1. The number of hydrogen-bond acceptors (Lipinski definition) is 2. The maximum absolute atomic E-state index is 5.55. The quantitative estimate of drug-likeness (QED) is 0.865. The number of hydrogen-bond donors (Lipinski definition) is 1. The minimum absolute atomic E-state index is 0.0120. The first-order valence-electron chi connectivity index (χ1n) is 5.89. The molecule has 2 aromatic rings. The molecule has 1 atom stereocenters. The number of fused-ring (bicyclic) bond motifs is 1. The van der Waals surface area contributed by atoms with Crippen molar-refractivity contribution in [1.29, 1.82) is 0 Å². The summed E-state index contributed by atoms with van der Waals surface area (Å²) in [6.07, 6.45) is 7.34. The third kappa shape index (κ3) is 2.49. The van der Waals surface area contributed by atoms with E-state index in [9.17, 15) is 0 Å². The first-order valence-corrected chi connectivity index (χ1v) is 6.68. The van der Waals surface area contributed by atoms with E-state index in [2.05, 4.69) is 46.0 Å². The Morgan fingerprint density at radius 2 is 2.06 bits per heavy atom. The average Bonchev–Trinajstić information content (AvgIpc) is 2.36. The zero-order valence-electron chi connectivity index (χ0n) is 10.4. The first kappa shape index (κ1) is 12.9. The average molecular weight is 303 g/mol. The van der Waals surface area contributed by atoms with Gasteiger partial charge in [0.05, 0.1) is 6.04 Å². The first-order chi connectivity index (χ1) is 8.63. The van der Waals surface area contributed by atoms with Crippen LogP contribution in [0.3, 0.4) is 0 Å². The molecule has 2 nitrogen and oxygen atoms in total. The molecule has 0 bridgehead atoms. The number of rotatable bonds is 3. The largest absolute Gasteiger partial charge is 0.356 e. The third-order valence-corrected chi connectivity index (χ3v) is 3.58. The van der Waals surface area contributed by atoms with Crippen LogP contribution in [0, 0.1) is 18.3 Å². The lowest BCUT2D eigenvalue weighted by atomic mass is 10.0. The maximum Gasteiger partial charge on any atom is 0.134 e. The Morgan fingerprint density at radius 3 is 2.72 bits per heavy atom. The Bertz CT molecular complexity index is 599. The fraction of sp³-hybridized carbons (Fsp3) is 0.267. The highest BCUT2D eigenvalue weighted by molar-refractivity contribution is 9.10. The highest BCUT2D eigenvalue weighted by Gasteiger charge is 2.12. The minimum Gasteiger partial charge on any atom is -0.356 e. The minimum atomic E-state index is -0.0120. The lowest BCUT2D eigenvalue weighted by Gasteiger charge is -2.18. The van der Waals surface area contributed by atoms with Gasteiger partial charge in [0.25, 0.3) is 0 Å². The Labute approximate surface area is 116 Å². The van der Waals surface area contributed by atoms with Gasteiger partial charge in [-0.25, -0.2) is 4.98 Å². The van der Waals surface area contributed by atoms with Crippen LogP contribution in [0.1, 0.15) is 13.8 Å². The molecule has 1 unspecified atom stereocenters. The predicted octanol–water partition coefficient (Wildman–Crippen LogP) is 4.07. The van der Waals surface area contributed by atoms with Crippen molar-refractivity contribution < 1.29 is 0 Å². The summed E-state index contributed by atoms with van der Waals surface area (Å²) in [5.41, 5.74) is 0. The molecule has 0 radical (unpaired) electrons. The monoisotopic (exact) mass is 302 g/mol. The molecule has 18 heavy (non-hydrogen) atoms. The molecule has 0 fully saturated rings. The van der Waals surface area contributed by atoms with Crippen molar-refractivity contribution in [1.82, 2.24) is 4.98 Å². The lowest BCUT2D eigenvalue weighted by molar-refractivity contribution is 0.613. The molecule has 0 aliphatic heterocycles. The molecule has 2 rings (SSSR count). The van der Waals surface area contributed by atoms with E-state index in [-0.39, 0.29) is 6.04 Å². The van der Waals surface area contributed by atoms with E-state index < -0.39 is 0 Å². The smallest absolute Gasteiger partial charge is 0.134 e. The van der Waals surface area contributed by atoms with Crippen LogP contribution < -0.4 is 5.32 Å². The van der Waals surface area contributed by atoms with E-state index in [1.165, 1.54) is 0 Å². The number of nitrogens with one attached hydrogen (secondary N) is 1. The van der Waals surface area contributed by atoms with Gasteiger partial charge in [0.1, 0.15) is 5.82 Å². The van der Waals surface area contributed by atoms with Crippen LogP contribution in [-0.4, -0.2) is 11.0 Å². The second-order valence-corrected chi connectivity index (χ2v) is 5.38. The Balaban J connectivity index is 2.46. The van der Waals surface area contributed by atoms with Crippen LogP contribution in [0.25, 0.3) is 10.8 Å². The van der Waals surface area contributed by atoms with Gasteiger partial charge in [-0.05, 0) is 18.1 Å². The van der Waals surface area contributed by atoms with Crippen molar-refractivity contribution >= 4 is 32.5 Å². The van der Waals surface area contributed by atoms with Crippen molar-refractivity contribution in [3.05, 3.63) is 34.9 Å². The molecule has 0 amide bonds. The van der Waals surface area contributed by atoms with Gasteiger partial charge in [0.2, 0.25) is 0 Å². The molecule has 1 N–H and O–H groups in total. The van der Waals surface area contributed by atoms with Gasteiger partial charge >= 0.3 is 0 Å². The van der Waals surface area contributed by atoms with Crippen molar-refractivity contribution in [2.45, 2.75) is 19.9 Å². The molecule has 0 aliphatic rings. The van der Waals surface area contributed by atoms with Crippen LogP contribution >= 0.6 is 15.9 Å². The highest BCUT2D eigenvalue weighted by Crippen LogP contribution is 2.28. The standard InChI is InChI=1S/C15H15BrN2/c1-4-14(10(2)3)18-15-12-6-5-7-13(16)11(12)8-9-17-15/h1,5-10,14H,2-3H3,(H,17,18). The summed E-state index contributed by atoms with van der Waals surface area (Å²) < 4.78 is 1.06. The van der Waals surface area contributed by atoms with Gasteiger partial charge in [-0.3, -0.25) is 0 Å². The molecule has 0 aliphatic carbocycles. The van der Waals surface area contributed by atoms with Crippen LogP contribution in [0.4, 0.5) is 5.82 Å². The number of terminal acetylenes is 1. The molecule has 0 saturated carbocycles. The van der Waals surface area contributed by atoms with Crippen LogP contribution in [-0.2, 0) is 0 Å². The van der Waals surface area contributed by atoms with E-state index in [1.807, 2.05) is 24.3 Å². The Kier molecular flexibility index (Phi) is 3.88. The summed E-state index contributed by atoms with van der Waals surface area (Å²) in [7, 11) is 0. The maximum atomic E-state index is 5.55. The van der Waals surface area contributed by atoms with Crippen LogP contribution in [0.15, 0.2) is 34.9 Å². The third-order valence-electron chi connectivity index (χ3n) is 2.89. The number of anilines is 1. The van der Waals surface area contributed by atoms with E-state index in [4.69, 9.17) is 6.42 Å². The van der Waals surface area contributed by atoms with Crippen molar-refractivity contribution in [2.24, 2.45) is 5.92 Å². The van der Waals surface area contributed by atoms with Gasteiger partial charge in [-0.2, -0.15) is 0 Å². The molecule has 1 heterocycles. The van der Waals surface area contributed by atoms with E-state index in [0.717, 1.165) is 21.1 Å². The van der Waals surface area contributed by atoms with Crippen LogP contribution in [0.5, 0.6) is 0 Å².